The molecule has 1 aromatic carbocycles. The Hall–Kier alpha value is -0.901. The minimum atomic E-state index is 0.0403. The van der Waals surface area contributed by atoms with Gasteiger partial charge in [-0.3, -0.25) is 0 Å². The Morgan fingerprint density at radius 1 is 1.33 bits per heavy atom. The summed E-state index contributed by atoms with van der Waals surface area (Å²) in [5.41, 5.74) is 3.66. The van der Waals surface area contributed by atoms with Crippen LogP contribution < -0.4 is 5.32 Å². The topological polar surface area (TPSA) is 47.0 Å². The van der Waals surface area contributed by atoms with E-state index in [1.807, 2.05) is 0 Å². The van der Waals surface area contributed by atoms with Gasteiger partial charge in [-0.05, 0) is 0 Å². The summed E-state index contributed by atoms with van der Waals surface area (Å²) in [6, 6.07) is 6.83. The second-order valence-electron chi connectivity index (χ2n) is 6.25. The molecule has 112 valence electrons. The van der Waals surface area contributed by atoms with Gasteiger partial charge in [0.15, 0.2) is 0 Å². The first-order valence-electron chi connectivity index (χ1n) is 7.93. The fourth-order valence-corrected chi connectivity index (χ4v) is 5.35. The Balaban J connectivity index is 1.58. The quantitative estimate of drug-likeness (QED) is 0.862. The monoisotopic (exact) mass is 351 g/mol. The second kappa shape index (κ2) is 5.38. The molecule has 0 aliphatic heterocycles. The molecule has 2 unspecified atom stereocenters. The molecule has 2 aromatic rings. The van der Waals surface area contributed by atoms with Gasteiger partial charge in [0.1, 0.15) is 0 Å². The predicted octanol–water partition coefficient (Wildman–Crippen LogP) is 2.84. The number of aromatic nitrogens is 2. The van der Waals surface area contributed by atoms with E-state index in [9.17, 15) is 0 Å². The van der Waals surface area contributed by atoms with Gasteiger partial charge < -0.3 is 0 Å². The average molecular weight is 350 g/mol. The van der Waals surface area contributed by atoms with Crippen LogP contribution in [0.5, 0.6) is 0 Å². The Morgan fingerprint density at radius 2 is 2.19 bits per heavy atom. The van der Waals surface area contributed by atoms with Crippen molar-refractivity contribution >= 4 is 31.7 Å². The SMILES string of the molecule is CCOC1CC(Nc2cccc3n[se]nc23)C12CCCC2. The molecule has 4 rings (SSSR count). The molecule has 1 spiro atoms. The first-order chi connectivity index (χ1) is 10.3. The predicted molar refractivity (Wildman–Crippen MR) is 84.8 cm³/mol. The average Bonchev–Trinajstić information content (AvgIpc) is 3.16. The molecule has 0 radical (unpaired) electrons. The number of benzene rings is 1. The van der Waals surface area contributed by atoms with Crippen molar-refractivity contribution in [1.82, 2.24) is 7.96 Å². The van der Waals surface area contributed by atoms with Crippen LogP contribution in [0.15, 0.2) is 18.2 Å². The van der Waals surface area contributed by atoms with E-state index in [1.54, 1.807) is 0 Å². The Morgan fingerprint density at radius 3 is 3.00 bits per heavy atom. The van der Waals surface area contributed by atoms with Gasteiger partial charge in [0.05, 0.1) is 0 Å². The third-order valence-electron chi connectivity index (χ3n) is 5.30. The second-order valence-corrected chi connectivity index (χ2v) is 7.36. The summed E-state index contributed by atoms with van der Waals surface area (Å²) in [4.78, 5) is 0. The Bertz CT molecular complexity index is 635. The van der Waals surface area contributed by atoms with E-state index in [0.29, 0.717) is 17.6 Å². The van der Waals surface area contributed by atoms with E-state index in [0.717, 1.165) is 24.1 Å². The summed E-state index contributed by atoms with van der Waals surface area (Å²) in [5.74, 6) is 0. The van der Waals surface area contributed by atoms with Gasteiger partial charge in [-0.2, -0.15) is 0 Å². The molecule has 0 saturated heterocycles. The van der Waals surface area contributed by atoms with E-state index in [1.165, 1.54) is 31.4 Å². The number of nitrogens with zero attached hydrogens (tertiary/aromatic N) is 2. The zero-order valence-corrected chi connectivity index (χ0v) is 14.1. The molecule has 21 heavy (non-hydrogen) atoms. The van der Waals surface area contributed by atoms with Crippen LogP contribution in [0.1, 0.15) is 39.0 Å². The molecule has 2 atom stereocenters. The molecule has 0 bridgehead atoms. The molecule has 1 N–H and O–H groups in total. The number of anilines is 1. The van der Waals surface area contributed by atoms with E-state index in [4.69, 9.17) is 4.74 Å². The standard InChI is InChI=1S/C16H21N3OSe/c1-2-20-14-10-13(16(14)8-3-4-9-16)17-11-6-5-7-12-15(11)19-21-18-12/h5-7,13-14,17H,2-4,8-10H2,1H3. The van der Waals surface area contributed by atoms with E-state index in [-0.39, 0.29) is 15.0 Å². The van der Waals surface area contributed by atoms with Crippen molar-refractivity contribution in [2.24, 2.45) is 5.41 Å². The van der Waals surface area contributed by atoms with Crippen LogP contribution in [-0.4, -0.2) is 41.7 Å². The summed E-state index contributed by atoms with van der Waals surface area (Å²) >= 11 is 0.0403. The van der Waals surface area contributed by atoms with E-state index < -0.39 is 0 Å². The third-order valence-corrected chi connectivity index (χ3v) is 6.44. The van der Waals surface area contributed by atoms with Crippen LogP contribution in [-0.2, 0) is 4.74 Å². The Labute approximate surface area is 131 Å². The molecule has 5 heteroatoms. The van der Waals surface area contributed by atoms with Gasteiger partial charge in [-0.1, -0.05) is 0 Å². The van der Waals surface area contributed by atoms with Crippen LogP contribution in [0.3, 0.4) is 0 Å². The molecule has 2 fully saturated rings. The summed E-state index contributed by atoms with van der Waals surface area (Å²) < 4.78 is 15.1. The van der Waals surface area contributed by atoms with Crippen molar-refractivity contribution in [2.45, 2.75) is 51.2 Å². The number of ether oxygens (including phenoxy) is 1. The van der Waals surface area contributed by atoms with Crippen LogP contribution in [0.25, 0.3) is 11.0 Å². The molecular weight excluding hydrogens is 329 g/mol. The number of rotatable bonds is 4. The van der Waals surface area contributed by atoms with Gasteiger partial charge in [0.2, 0.25) is 0 Å². The van der Waals surface area contributed by atoms with Crippen molar-refractivity contribution in [3.63, 3.8) is 0 Å². The first kappa shape index (κ1) is 13.7. The summed E-state index contributed by atoms with van der Waals surface area (Å²) in [6.07, 6.45) is 6.87. The van der Waals surface area contributed by atoms with Gasteiger partial charge >= 0.3 is 131 Å². The normalized spacial score (nSPS) is 27.1. The molecule has 4 nitrogen and oxygen atoms in total. The van der Waals surface area contributed by atoms with Crippen molar-refractivity contribution in [1.29, 1.82) is 0 Å². The maximum atomic E-state index is 6.00. The molecular formula is C16H21N3OSe. The molecule has 2 aliphatic rings. The molecule has 2 aliphatic carbocycles. The summed E-state index contributed by atoms with van der Waals surface area (Å²) in [5, 5.41) is 3.78. The van der Waals surface area contributed by atoms with Gasteiger partial charge in [0, 0.05) is 0 Å². The van der Waals surface area contributed by atoms with Crippen LogP contribution in [0.4, 0.5) is 5.69 Å². The van der Waals surface area contributed by atoms with E-state index >= 15 is 0 Å². The number of fused-ring (bicyclic) bond motifs is 1. The number of nitrogens with one attached hydrogen (secondary N) is 1. The van der Waals surface area contributed by atoms with Crippen LogP contribution in [0.2, 0.25) is 0 Å². The molecule has 0 amide bonds. The van der Waals surface area contributed by atoms with E-state index in [2.05, 4.69) is 38.4 Å². The zero-order chi connectivity index (χ0) is 14.3. The van der Waals surface area contributed by atoms with Crippen molar-refractivity contribution < 1.29 is 4.74 Å². The van der Waals surface area contributed by atoms with Gasteiger partial charge in [-0.15, -0.1) is 0 Å². The van der Waals surface area contributed by atoms with Crippen molar-refractivity contribution in [2.75, 3.05) is 11.9 Å². The summed E-state index contributed by atoms with van der Waals surface area (Å²) in [6.45, 7) is 2.94. The van der Waals surface area contributed by atoms with Gasteiger partial charge in [0.25, 0.3) is 0 Å². The van der Waals surface area contributed by atoms with Crippen molar-refractivity contribution in [3.8, 4) is 0 Å². The zero-order valence-electron chi connectivity index (χ0n) is 12.3. The minimum absolute atomic E-state index is 0.0403. The summed E-state index contributed by atoms with van der Waals surface area (Å²) in [7, 11) is 0. The molecule has 1 aromatic heterocycles. The van der Waals surface area contributed by atoms with Crippen LogP contribution >= 0.6 is 0 Å². The maximum absolute atomic E-state index is 6.00. The van der Waals surface area contributed by atoms with Gasteiger partial charge in [-0.25, -0.2) is 0 Å². The fourth-order valence-electron chi connectivity index (χ4n) is 4.20. The fraction of sp³-hybridized carbons (Fsp3) is 0.625. The third kappa shape index (κ3) is 2.14. The van der Waals surface area contributed by atoms with Crippen LogP contribution in [0, 0.1) is 5.41 Å². The number of hydrogen-bond acceptors (Lipinski definition) is 4. The molecule has 2 saturated carbocycles. The molecule has 1 heterocycles. The van der Waals surface area contributed by atoms with Crippen molar-refractivity contribution in [3.05, 3.63) is 18.2 Å². The Kier molecular flexibility index (Phi) is 3.52. The first-order valence-corrected chi connectivity index (χ1v) is 9.46. The number of hydrogen-bond donors (Lipinski definition) is 1.